The molecule has 0 aromatic heterocycles. The third kappa shape index (κ3) is 7.45. The molecule has 4 unspecified atom stereocenters. The zero-order valence-corrected chi connectivity index (χ0v) is 25.7. The van der Waals surface area contributed by atoms with Gasteiger partial charge in [0.25, 0.3) is 0 Å². The van der Waals surface area contributed by atoms with E-state index in [1.165, 1.54) is 0 Å². The molecule has 1 fully saturated rings. The minimum absolute atomic E-state index is 0.0559. The van der Waals surface area contributed by atoms with Crippen molar-refractivity contribution in [3.8, 4) is 11.5 Å². The highest BCUT2D eigenvalue weighted by Gasteiger charge is 2.37. The predicted molar refractivity (Wildman–Crippen MR) is 170 cm³/mol. The highest BCUT2D eigenvalue weighted by atomic mass is 35.5. The first-order chi connectivity index (χ1) is 21.6. The molecule has 6 rings (SSSR count). The van der Waals surface area contributed by atoms with Gasteiger partial charge in [0.05, 0.1) is 49.8 Å². The van der Waals surface area contributed by atoms with Crippen LogP contribution in [-0.2, 0) is 33.8 Å². The maximum Gasteiger partial charge on any atom is 0.144 e. The first-order valence-corrected chi connectivity index (χ1v) is 15.8. The Morgan fingerprint density at radius 2 is 1.57 bits per heavy atom. The maximum atomic E-state index is 11.0. The van der Waals surface area contributed by atoms with Crippen molar-refractivity contribution in [2.24, 2.45) is 0 Å². The van der Waals surface area contributed by atoms with Gasteiger partial charge in [-0.1, -0.05) is 90.5 Å². The summed E-state index contributed by atoms with van der Waals surface area (Å²) in [5, 5.41) is 11.6. The molecule has 7 heteroatoms. The standard InChI is InChI=1S/C37H39ClO6/c1-2-41-29-15-13-25(14-16-29)17-28-18-32(35-33(39)24-43-37(35)36(28)38)34-20-30(42-22-27-11-7-4-8-12-27)19-31(44-34)23-40-21-26-9-5-3-6-10-26/h3-16,18,30-31,33-34,39H,2,17,19-24H2,1H3. The van der Waals surface area contributed by atoms with E-state index in [-0.39, 0.29) is 24.9 Å². The third-order valence-electron chi connectivity index (χ3n) is 8.16. The van der Waals surface area contributed by atoms with Crippen LogP contribution in [0.15, 0.2) is 91.0 Å². The van der Waals surface area contributed by atoms with Gasteiger partial charge >= 0.3 is 0 Å². The van der Waals surface area contributed by atoms with Crippen LogP contribution >= 0.6 is 11.6 Å². The van der Waals surface area contributed by atoms with Crippen molar-refractivity contribution < 1.29 is 28.8 Å². The molecule has 0 aliphatic carbocycles. The van der Waals surface area contributed by atoms with Crippen molar-refractivity contribution in [1.82, 2.24) is 0 Å². The summed E-state index contributed by atoms with van der Waals surface area (Å²) in [7, 11) is 0. The SMILES string of the molecule is CCOc1ccc(Cc2cc(C3CC(OCc4ccccc4)CC(COCc4ccccc4)O3)c3c(c2Cl)OCC3O)cc1. The van der Waals surface area contributed by atoms with E-state index < -0.39 is 6.10 Å². The molecule has 1 saturated heterocycles. The molecule has 4 aromatic carbocycles. The predicted octanol–water partition coefficient (Wildman–Crippen LogP) is 7.78. The monoisotopic (exact) mass is 614 g/mol. The molecule has 0 bridgehead atoms. The Morgan fingerprint density at radius 3 is 2.27 bits per heavy atom. The molecule has 6 nitrogen and oxygen atoms in total. The summed E-state index contributed by atoms with van der Waals surface area (Å²) in [6.45, 7) is 4.22. The lowest BCUT2D eigenvalue weighted by Gasteiger charge is -2.36. The summed E-state index contributed by atoms with van der Waals surface area (Å²) in [6, 6.07) is 30.5. The number of aliphatic hydroxyl groups is 1. The Kier molecular flexibility index (Phi) is 10.2. The van der Waals surface area contributed by atoms with E-state index in [4.69, 9.17) is 35.3 Å². The van der Waals surface area contributed by atoms with Crippen LogP contribution in [0.3, 0.4) is 0 Å². The number of benzene rings is 4. The molecular formula is C37H39ClO6. The topological polar surface area (TPSA) is 66.4 Å². The highest BCUT2D eigenvalue weighted by Crippen LogP contribution is 2.48. The number of rotatable bonds is 12. The first-order valence-electron chi connectivity index (χ1n) is 15.4. The summed E-state index contributed by atoms with van der Waals surface area (Å²) >= 11 is 6.92. The Hall–Kier alpha value is -3.39. The molecule has 2 aliphatic heterocycles. The summed E-state index contributed by atoms with van der Waals surface area (Å²) in [5.74, 6) is 1.38. The van der Waals surface area contributed by atoms with E-state index >= 15 is 0 Å². The van der Waals surface area contributed by atoms with Crippen LogP contribution in [0.4, 0.5) is 0 Å². The number of fused-ring (bicyclic) bond motifs is 1. The largest absolute Gasteiger partial charge is 0.494 e. The fourth-order valence-electron chi connectivity index (χ4n) is 6.03. The van der Waals surface area contributed by atoms with Gasteiger partial charge in [0.2, 0.25) is 0 Å². The molecule has 0 saturated carbocycles. The first kappa shape index (κ1) is 30.6. The summed E-state index contributed by atoms with van der Waals surface area (Å²) in [4.78, 5) is 0. The van der Waals surface area contributed by atoms with Crippen LogP contribution in [0.1, 0.15) is 65.4 Å². The molecule has 4 aromatic rings. The van der Waals surface area contributed by atoms with Crippen LogP contribution in [0.5, 0.6) is 11.5 Å². The summed E-state index contributed by atoms with van der Waals surface area (Å²) < 4.78 is 30.9. The molecule has 0 radical (unpaired) electrons. The van der Waals surface area contributed by atoms with Gasteiger partial charge < -0.3 is 28.8 Å². The Balaban J connectivity index is 1.26. The average Bonchev–Trinajstić information content (AvgIpc) is 3.45. The molecule has 0 amide bonds. The third-order valence-corrected chi connectivity index (χ3v) is 8.58. The molecule has 4 atom stereocenters. The number of hydrogen-bond acceptors (Lipinski definition) is 6. The van der Waals surface area contributed by atoms with E-state index in [2.05, 4.69) is 42.5 Å². The molecule has 1 N–H and O–H groups in total. The molecule has 2 heterocycles. The fraction of sp³-hybridized carbons (Fsp3) is 0.351. The van der Waals surface area contributed by atoms with Crippen LogP contribution in [0, 0.1) is 0 Å². The van der Waals surface area contributed by atoms with E-state index in [0.29, 0.717) is 62.0 Å². The van der Waals surface area contributed by atoms with Crippen molar-refractivity contribution in [2.45, 2.75) is 63.8 Å². The molecular weight excluding hydrogens is 576 g/mol. The second kappa shape index (κ2) is 14.6. The minimum atomic E-state index is -0.779. The van der Waals surface area contributed by atoms with Gasteiger partial charge in [0.15, 0.2) is 0 Å². The highest BCUT2D eigenvalue weighted by molar-refractivity contribution is 6.33. The van der Waals surface area contributed by atoms with E-state index in [1.54, 1.807) is 0 Å². The second-order valence-corrected chi connectivity index (χ2v) is 11.8. The summed E-state index contributed by atoms with van der Waals surface area (Å²) in [5.41, 5.74) is 5.87. The molecule has 2 aliphatic rings. The van der Waals surface area contributed by atoms with E-state index in [9.17, 15) is 5.11 Å². The van der Waals surface area contributed by atoms with Crippen LogP contribution in [-0.4, -0.2) is 37.1 Å². The average molecular weight is 615 g/mol. The zero-order valence-electron chi connectivity index (χ0n) is 25.0. The van der Waals surface area contributed by atoms with Gasteiger partial charge in [0.1, 0.15) is 24.2 Å². The number of hydrogen-bond donors (Lipinski definition) is 1. The van der Waals surface area contributed by atoms with Gasteiger partial charge in [-0.05, 0) is 53.3 Å². The van der Waals surface area contributed by atoms with Crippen LogP contribution < -0.4 is 9.47 Å². The molecule has 0 spiro atoms. The normalized spacial score (nSPS) is 21.1. The minimum Gasteiger partial charge on any atom is -0.494 e. The molecule has 44 heavy (non-hydrogen) atoms. The lowest BCUT2D eigenvalue weighted by atomic mass is 9.89. The Labute approximate surface area is 264 Å². The molecule has 230 valence electrons. The number of aliphatic hydroxyl groups excluding tert-OH is 1. The van der Waals surface area contributed by atoms with E-state index in [1.807, 2.05) is 55.5 Å². The van der Waals surface area contributed by atoms with Crippen molar-refractivity contribution in [3.63, 3.8) is 0 Å². The fourth-order valence-corrected chi connectivity index (χ4v) is 6.30. The van der Waals surface area contributed by atoms with Crippen molar-refractivity contribution in [1.29, 1.82) is 0 Å². The lowest BCUT2D eigenvalue weighted by molar-refractivity contribution is -0.142. The van der Waals surface area contributed by atoms with Gasteiger partial charge in [-0.25, -0.2) is 0 Å². The smallest absolute Gasteiger partial charge is 0.144 e. The van der Waals surface area contributed by atoms with Crippen LogP contribution in [0.25, 0.3) is 0 Å². The quantitative estimate of drug-likeness (QED) is 0.176. The summed E-state index contributed by atoms with van der Waals surface area (Å²) in [6.07, 6.45) is 0.626. The zero-order chi connectivity index (χ0) is 30.3. The Morgan fingerprint density at radius 1 is 0.864 bits per heavy atom. The van der Waals surface area contributed by atoms with Crippen molar-refractivity contribution >= 4 is 11.6 Å². The number of halogens is 1. The maximum absolute atomic E-state index is 11.0. The number of ether oxygens (including phenoxy) is 5. The second-order valence-electron chi connectivity index (χ2n) is 11.4. The van der Waals surface area contributed by atoms with E-state index in [0.717, 1.165) is 33.6 Å². The van der Waals surface area contributed by atoms with Gasteiger partial charge in [-0.3, -0.25) is 0 Å². The Bertz CT molecular complexity index is 1490. The van der Waals surface area contributed by atoms with Gasteiger partial charge in [-0.15, -0.1) is 0 Å². The van der Waals surface area contributed by atoms with Gasteiger partial charge in [-0.2, -0.15) is 0 Å². The van der Waals surface area contributed by atoms with Crippen molar-refractivity contribution in [3.05, 3.63) is 129 Å². The van der Waals surface area contributed by atoms with Crippen LogP contribution in [0.2, 0.25) is 5.02 Å². The van der Waals surface area contributed by atoms with Gasteiger partial charge in [0, 0.05) is 18.4 Å². The van der Waals surface area contributed by atoms with Crippen molar-refractivity contribution in [2.75, 3.05) is 19.8 Å². The lowest BCUT2D eigenvalue weighted by Crippen LogP contribution is -2.36.